The van der Waals surface area contributed by atoms with Crippen molar-refractivity contribution in [3.05, 3.63) is 0 Å². The van der Waals surface area contributed by atoms with Crippen LogP contribution in [0, 0.1) is 0 Å². The van der Waals surface area contributed by atoms with Gasteiger partial charge in [-0.3, -0.25) is 4.79 Å². The molecule has 1 N–H and O–H groups in total. The Balaban J connectivity index is 2.55. The lowest BCUT2D eigenvalue weighted by molar-refractivity contribution is -0.151. The van der Waals surface area contributed by atoms with Crippen LogP contribution in [-0.2, 0) is 19.4 Å². The van der Waals surface area contributed by atoms with Crippen LogP contribution in [0.5, 0.6) is 0 Å². The fourth-order valence-electron chi connectivity index (χ4n) is 2.39. The summed E-state index contributed by atoms with van der Waals surface area (Å²) in [7, 11) is -3.40. The minimum Gasteiger partial charge on any atom is -0.459 e. The molecule has 0 bridgehead atoms. The van der Waals surface area contributed by atoms with E-state index in [1.807, 2.05) is 6.92 Å². The summed E-state index contributed by atoms with van der Waals surface area (Å²) in [6.45, 7) is 8.03. The van der Waals surface area contributed by atoms with E-state index in [4.69, 9.17) is 4.74 Å². The van der Waals surface area contributed by atoms with Crippen molar-refractivity contribution in [2.24, 2.45) is 0 Å². The first kappa shape index (κ1) is 16.4. The number of carbonyl (C=O) groups excluding carboxylic acids is 1. The summed E-state index contributed by atoms with van der Waals surface area (Å²) in [4.78, 5) is 11.6. The quantitative estimate of drug-likeness (QED) is 0.772. The van der Waals surface area contributed by atoms with E-state index in [9.17, 15) is 13.2 Å². The standard InChI is InChI=1S/C13H25NO4S/c1-5-14-10-6-7-11(8-10)19(16,17)9-12(15)18-13(2,3)4/h10-11,14H,5-9H2,1-4H3. The molecular weight excluding hydrogens is 266 g/mol. The summed E-state index contributed by atoms with van der Waals surface area (Å²) in [6, 6.07) is 0.253. The number of ether oxygens (including phenoxy) is 1. The molecule has 0 saturated heterocycles. The van der Waals surface area contributed by atoms with E-state index in [0.717, 1.165) is 13.0 Å². The lowest BCUT2D eigenvalue weighted by Gasteiger charge is -2.20. The molecule has 0 radical (unpaired) electrons. The third kappa shape index (κ3) is 5.48. The highest BCUT2D eigenvalue weighted by Gasteiger charge is 2.36. The predicted molar refractivity (Wildman–Crippen MR) is 74.7 cm³/mol. The number of rotatable bonds is 5. The zero-order valence-electron chi connectivity index (χ0n) is 12.2. The van der Waals surface area contributed by atoms with Gasteiger partial charge in [-0.05, 0) is 46.6 Å². The van der Waals surface area contributed by atoms with E-state index in [1.54, 1.807) is 20.8 Å². The number of hydrogen-bond acceptors (Lipinski definition) is 5. The Labute approximate surface area is 116 Å². The summed E-state index contributed by atoms with van der Waals surface area (Å²) in [5.41, 5.74) is -0.644. The van der Waals surface area contributed by atoms with Crippen molar-refractivity contribution in [1.29, 1.82) is 0 Å². The van der Waals surface area contributed by atoms with Gasteiger partial charge in [0, 0.05) is 6.04 Å². The SMILES string of the molecule is CCNC1CCC(S(=O)(=O)CC(=O)OC(C)(C)C)C1. The lowest BCUT2D eigenvalue weighted by atomic mass is 10.2. The molecule has 2 atom stereocenters. The highest BCUT2D eigenvalue weighted by Crippen LogP contribution is 2.26. The summed E-state index contributed by atoms with van der Waals surface area (Å²) in [5, 5.41) is 2.84. The molecule has 19 heavy (non-hydrogen) atoms. The van der Waals surface area contributed by atoms with E-state index in [0.29, 0.717) is 12.8 Å². The van der Waals surface area contributed by atoms with E-state index < -0.39 is 32.4 Å². The molecular formula is C13H25NO4S. The van der Waals surface area contributed by atoms with Gasteiger partial charge in [0.25, 0.3) is 0 Å². The summed E-state index contributed by atoms with van der Waals surface area (Å²) in [5.74, 6) is -1.16. The van der Waals surface area contributed by atoms with E-state index >= 15 is 0 Å². The van der Waals surface area contributed by atoms with Gasteiger partial charge in [-0.2, -0.15) is 0 Å². The van der Waals surface area contributed by atoms with Gasteiger partial charge in [-0.1, -0.05) is 6.92 Å². The average molecular weight is 291 g/mol. The molecule has 1 aliphatic carbocycles. The molecule has 6 heteroatoms. The molecule has 1 rings (SSSR count). The number of sulfone groups is 1. The van der Waals surface area contributed by atoms with Gasteiger partial charge >= 0.3 is 5.97 Å². The van der Waals surface area contributed by atoms with Crippen molar-refractivity contribution < 1.29 is 17.9 Å². The number of nitrogens with one attached hydrogen (secondary N) is 1. The topological polar surface area (TPSA) is 72.5 Å². The zero-order chi connectivity index (χ0) is 14.7. The molecule has 0 heterocycles. The summed E-state index contributed by atoms with van der Waals surface area (Å²) >= 11 is 0. The molecule has 0 amide bonds. The molecule has 0 aliphatic heterocycles. The monoisotopic (exact) mass is 291 g/mol. The normalized spacial score (nSPS) is 24.4. The molecule has 0 aromatic heterocycles. The van der Waals surface area contributed by atoms with Crippen LogP contribution in [-0.4, -0.2) is 43.6 Å². The highest BCUT2D eigenvalue weighted by atomic mass is 32.2. The molecule has 0 aromatic rings. The molecule has 112 valence electrons. The lowest BCUT2D eigenvalue weighted by Crippen LogP contribution is -2.33. The highest BCUT2D eigenvalue weighted by molar-refractivity contribution is 7.92. The first-order chi connectivity index (χ1) is 8.64. The van der Waals surface area contributed by atoms with Crippen LogP contribution in [0.15, 0.2) is 0 Å². The smallest absolute Gasteiger partial charge is 0.321 e. The van der Waals surface area contributed by atoms with Crippen LogP contribution in [0.3, 0.4) is 0 Å². The summed E-state index contributed by atoms with van der Waals surface area (Å²) in [6.07, 6.45) is 2.08. The average Bonchev–Trinajstić information content (AvgIpc) is 2.63. The maximum atomic E-state index is 12.2. The van der Waals surface area contributed by atoms with Gasteiger partial charge in [-0.15, -0.1) is 0 Å². The van der Waals surface area contributed by atoms with Gasteiger partial charge in [-0.25, -0.2) is 8.42 Å². The predicted octanol–water partition coefficient (Wildman–Crippen LogP) is 1.27. The molecule has 0 spiro atoms. The van der Waals surface area contributed by atoms with Gasteiger partial charge in [0.05, 0.1) is 5.25 Å². The molecule has 0 aromatic carbocycles. The van der Waals surface area contributed by atoms with Crippen molar-refractivity contribution in [2.75, 3.05) is 12.3 Å². The second-order valence-corrected chi connectivity index (χ2v) is 8.36. The zero-order valence-corrected chi connectivity index (χ0v) is 13.0. The first-order valence-corrected chi connectivity index (χ1v) is 8.52. The second-order valence-electron chi connectivity index (χ2n) is 6.08. The van der Waals surface area contributed by atoms with Crippen LogP contribution >= 0.6 is 0 Å². The van der Waals surface area contributed by atoms with Crippen LogP contribution in [0.4, 0.5) is 0 Å². The Kier molecular flexibility index (Phi) is 5.38. The number of hydrogen-bond donors (Lipinski definition) is 1. The minimum absolute atomic E-state index is 0.253. The third-order valence-corrected chi connectivity index (χ3v) is 5.21. The molecule has 1 fully saturated rings. The maximum absolute atomic E-state index is 12.2. The Morgan fingerprint density at radius 1 is 1.32 bits per heavy atom. The van der Waals surface area contributed by atoms with E-state index in [1.165, 1.54) is 0 Å². The molecule has 1 aliphatic rings. The Morgan fingerprint density at radius 3 is 2.47 bits per heavy atom. The number of esters is 1. The van der Waals surface area contributed by atoms with Gasteiger partial charge < -0.3 is 10.1 Å². The Morgan fingerprint density at radius 2 is 1.95 bits per heavy atom. The van der Waals surface area contributed by atoms with Crippen molar-refractivity contribution in [3.63, 3.8) is 0 Å². The van der Waals surface area contributed by atoms with Crippen molar-refractivity contribution in [2.45, 2.75) is 63.9 Å². The van der Waals surface area contributed by atoms with Gasteiger partial charge in [0.15, 0.2) is 9.84 Å². The van der Waals surface area contributed by atoms with Crippen LogP contribution in [0.1, 0.15) is 47.0 Å². The van der Waals surface area contributed by atoms with Crippen LogP contribution < -0.4 is 5.32 Å². The summed E-state index contributed by atoms with van der Waals surface area (Å²) < 4.78 is 29.4. The fraction of sp³-hybridized carbons (Fsp3) is 0.923. The third-order valence-electron chi connectivity index (χ3n) is 3.12. The van der Waals surface area contributed by atoms with Gasteiger partial charge in [0.2, 0.25) is 0 Å². The molecule has 2 unspecified atom stereocenters. The van der Waals surface area contributed by atoms with Crippen LogP contribution in [0.2, 0.25) is 0 Å². The van der Waals surface area contributed by atoms with Crippen molar-refractivity contribution >= 4 is 15.8 Å². The largest absolute Gasteiger partial charge is 0.459 e. The van der Waals surface area contributed by atoms with Crippen LogP contribution in [0.25, 0.3) is 0 Å². The Bertz CT molecular complexity index is 411. The van der Waals surface area contributed by atoms with Gasteiger partial charge in [0.1, 0.15) is 11.4 Å². The fourth-order valence-corrected chi connectivity index (χ4v) is 4.04. The first-order valence-electron chi connectivity index (χ1n) is 6.81. The second kappa shape index (κ2) is 6.22. The number of carbonyl (C=O) groups is 1. The van der Waals surface area contributed by atoms with E-state index in [-0.39, 0.29) is 6.04 Å². The maximum Gasteiger partial charge on any atom is 0.321 e. The Hall–Kier alpha value is -0.620. The molecule has 5 nitrogen and oxygen atoms in total. The van der Waals surface area contributed by atoms with Crippen molar-refractivity contribution in [1.82, 2.24) is 5.32 Å². The minimum atomic E-state index is -3.40. The van der Waals surface area contributed by atoms with Crippen molar-refractivity contribution in [3.8, 4) is 0 Å². The van der Waals surface area contributed by atoms with E-state index in [2.05, 4.69) is 5.32 Å². The molecule has 1 saturated carbocycles.